The van der Waals surface area contributed by atoms with Crippen molar-refractivity contribution >= 4 is 28.9 Å². The van der Waals surface area contributed by atoms with E-state index in [4.69, 9.17) is 32.9 Å². The lowest BCUT2D eigenvalue weighted by molar-refractivity contribution is 0.140. The Hall–Kier alpha value is -2.38. The summed E-state index contributed by atoms with van der Waals surface area (Å²) in [5.74, 6) is 0.646. The van der Waals surface area contributed by atoms with Gasteiger partial charge < -0.3 is 15.0 Å². The second-order valence-corrected chi connectivity index (χ2v) is 11.6. The van der Waals surface area contributed by atoms with Gasteiger partial charge in [0.15, 0.2) is 0 Å². The SMILES string of the molecule is CCOc1ncccc1-c1ccc2c(n1)CN(C[C@H]1CCCN1)CC21CCN(c2ccc(Cl)cc2Cl)CC1. The number of ether oxygens (including phenoxy) is 1. The van der Waals surface area contributed by atoms with Crippen molar-refractivity contribution in [1.29, 1.82) is 0 Å². The van der Waals surface area contributed by atoms with Crippen LogP contribution in [0, 0.1) is 0 Å². The molecule has 0 saturated carbocycles. The molecule has 2 aromatic heterocycles. The molecule has 0 bridgehead atoms. The maximum Gasteiger partial charge on any atom is 0.222 e. The van der Waals surface area contributed by atoms with Crippen LogP contribution in [0.15, 0.2) is 48.7 Å². The Morgan fingerprint density at radius 2 is 2.00 bits per heavy atom. The van der Waals surface area contributed by atoms with E-state index in [-0.39, 0.29) is 5.41 Å². The average Bonchev–Trinajstić information content (AvgIpc) is 3.43. The number of benzene rings is 1. The number of hydrogen-bond donors (Lipinski definition) is 1. The number of fused-ring (bicyclic) bond motifs is 2. The molecule has 0 radical (unpaired) electrons. The van der Waals surface area contributed by atoms with Crippen LogP contribution in [0.3, 0.4) is 0 Å². The van der Waals surface area contributed by atoms with Crippen LogP contribution in [-0.4, -0.2) is 60.2 Å². The topological polar surface area (TPSA) is 53.5 Å². The maximum absolute atomic E-state index is 6.58. The zero-order valence-corrected chi connectivity index (χ0v) is 23.4. The zero-order valence-electron chi connectivity index (χ0n) is 21.9. The van der Waals surface area contributed by atoms with Crippen molar-refractivity contribution in [3.8, 4) is 17.1 Å². The van der Waals surface area contributed by atoms with Gasteiger partial charge in [-0.3, -0.25) is 9.88 Å². The molecule has 1 atom stereocenters. The summed E-state index contributed by atoms with van der Waals surface area (Å²) in [5.41, 5.74) is 5.62. The maximum atomic E-state index is 6.58. The van der Waals surface area contributed by atoms with Gasteiger partial charge in [-0.1, -0.05) is 29.3 Å². The molecular formula is C30H35Cl2N5O. The average molecular weight is 553 g/mol. The molecule has 3 aliphatic rings. The van der Waals surface area contributed by atoms with Crippen molar-refractivity contribution in [3.05, 3.63) is 70.0 Å². The van der Waals surface area contributed by atoms with E-state index in [1.165, 1.54) is 24.1 Å². The van der Waals surface area contributed by atoms with Gasteiger partial charge in [0, 0.05) is 55.4 Å². The molecule has 6 rings (SSSR count). The van der Waals surface area contributed by atoms with Crippen molar-refractivity contribution in [3.63, 3.8) is 0 Å². The van der Waals surface area contributed by atoms with Gasteiger partial charge in [-0.15, -0.1) is 0 Å². The predicted molar refractivity (Wildman–Crippen MR) is 155 cm³/mol. The summed E-state index contributed by atoms with van der Waals surface area (Å²) >= 11 is 12.8. The van der Waals surface area contributed by atoms with Crippen LogP contribution >= 0.6 is 23.2 Å². The van der Waals surface area contributed by atoms with Crippen molar-refractivity contribution in [1.82, 2.24) is 20.2 Å². The normalized spacial score (nSPS) is 21.0. The number of nitrogens with one attached hydrogen (secondary N) is 1. The lowest BCUT2D eigenvalue weighted by Gasteiger charge is -2.49. The van der Waals surface area contributed by atoms with Crippen molar-refractivity contribution in [2.75, 3.05) is 44.2 Å². The number of rotatable bonds is 6. The van der Waals surface area contributed by atoms with E-state index >= 15 is 0 Å². The van der Waals surface area contributed by atoms with Crippen LogP contribution in [-0.2, 0) is 12.0 Å². The highest BCUT2D eigenvalue weighted by Gasteiger charge is 2.43. The first-order valence-electron chi connectivity index (χ1n) is 13.8. The van der Waals surface area contributed by atoms with Crippen LogP contribution in [0.25, 0.3) is 11.3 Å². The van der Waals surface area contributed by atoms with Crippen LogP contribution in [0.1, 0.15) is 43.9 Å². The predicted octanol–water partition coefficient (Wildman–Crippen LogP) is 5.95. The van der Waals surface area contributed by atoms with E-state index in [1.54, 1.807) is 6.20 Å². The van der Waals surface area contributed by atoms with Crippen LogP contribution in [0.2, 0.25) is 10.0 Å². The first kappa shape index (κ1) is 25.9. The third-order valence-electron chi connectivity index (χ3n) is 8.39. The Balaban J connectivity index is 1.32. The Bertz CT molecular complexity index is 1290. The largest absolute Gasteiger partial charge is 0.477 e. The molecule has 38 heavy (non-hydrogen) atoms. The van der Waals surface area contributed by atoms with Crippen molar-refractivity contribution in [2.24, 2.45) is 0 Å². The molecule has 1 spiro atoms. The van der Waals surface area contributed by atoms with E-state index in [0.717, 1.165) is 74.1 Å². The summed E-state index contributed by atoms with van der Waals surface area (Å²) in [6.07, 6.45) is 6.41. The number of aromatic nitrogens is 2. The second-order valence-electron chi connectivity index (χ2n) is 10.8. The zero-order chi connectivity index (χ0) is 26.1. The number of piperidine rings is 1. The minimum atomic E-state index is 0.0742. The highest BCUT2D eigenvalue weighted by molar-refractivity contribution is 6.36. The summed E-state index contributed by atoms with van der Waals surface area (Å²) < 4.78 is 5.83. The molecule has 2 saturated heterocycles. The molecule has 0 amide bonds. The highest BCUT2D eigenvalue weighted by atomic mass is 35.5. The quantitative estimate of drug-likeness (QED) is 0.408. The molecule has 3 aliphatic heterocycles. The van der Waals surface area contributed by atoms with Crippen molar-refractivity contribution < 1.29 is 4.74 Å². The van der Waals surface area contributed by atoms with E-state index in [1.807, 2.05) is 31.2 Å². The van der Waals surface area contributed by atoms with E-state index < -0.39 is 0 Å². The Kier molecular flexibility index (Phi) is 7.50. The molecule has 0 aliphatic carbocycles. The molecule has 1 aromatic carbocycles. The summed E-state index contributed by atoms with van der Waals surface area (Å²) in [6, 6.07) is 14.9. The minimum absolute atomic E-state index is 0.0742. The van der Waals surface area contributed by atoms with Gasteiger partial charge in [0.1, 0.15) is 0 Å². The molecule has 0 unspecified atom stereocenters. The summed E-state index contributed by atoms with van der Waals surface area (Å²) in [6.45, 7) is 8.61. The monoisotopic (exact) mass is 551 g/mol. The second kappa shape index (κ2) is 11.0. The lowest BCUT2D eigenvalue weighted by Crippen LogP contribution is -2.54. The third-order valence-corrected chi connectivity index (χ3v) is 8.92. The molecule has 8 heteroatoms. The highest BCUT2D eigenvalue weighted by Crippen LogP contribution is 2.44. The van der Waals surface area contributed by atoms with Crippen LogP contribution < -0.4 is 15.0 Å². The van der Waals surface area contributed by atoms with Gasteiger partial charge >= 0.3 is 0 Å². The summed E-state index contributed by atoms with van der Waals surface area (Å²) in [5, 5.41) is 5.09. The fraction of sp³-hybridized carbons (Fsp3) is 0.467. The molecule has 1 N–H and O–H groups in total. The van der Waals surface area contributed by atoms with Gasteiger partial charge in [-0.2, -0.15) is 0 Å². The number of nitrogens with zero attached hydrogens (tertiary/aromatic N) is 4. The fourth-order valence-corrected chi connectivity index (χ4v) is 7.10. The van der Waals surface area contributed by atoms with Crippen molar-refractivity contribution in [2.45, 2.75) is 50.6 Å². The van der Waals surface area contributed by atoms with Gasteiger partial charge in [0.2, 0.25) is 5.88 Å². The molecule has 5 heterocycles. The van der Waals surface area contributed by atoms with Gasteiger partial charge in [0.25, 0.3) is 0 Å². The Morgan fingerprint density at radius 3 is 2.76 bits per heavy atom. The first-order valence-corrected chi connectivity index (χ1v) is 14.5. The van der Waals surface area contributed by atoms with E-state index in [2.05, 4.69) is 38.3 Å². The van der Waals surface area contributed by atoms with Gasteiger partial charge in [-0.05, 0) is 81.1 Å². The number of hydrogen-bond acceptors (Lipinski definition) is 6. The molecule has 3 aromatic rings. The first-order chi connectivity index (χ1) is 18.5. The molecule has 2 fully saturated rings. The van der Waals surface area contributed by atoms with E-state index in [0.29, 0.717) is 23.6 Å². The molecule has 200 valence electrons. The van der Waals surface area contributed by atoms with Gasteiger partial charge in [0.05, 0.1) is 34.3 Å². The summed E-state index contributed by atoms with van der Waals surface area (Å²) in [7, 11) is 0. The van der Waals surface area contributed by atoms with Gasteiger partial charge in [-0.25, -0.2) is 4.98 Å². The minimum Gasteiger partial charge on any atom is -0.477 e. The number of halogens is 2. The molecular weight excluding hydrogens is 517 g/mol. The molecule has 6 nitrogen and oxygen atoms in total. The number of anilines is 1. The Morgan fingerprint density at radius 1 is 1.13 bits per heavy atom. The smallest absolute Gasteiger partial charge is 0.222 e. The van der Waals surface area contributed by atoms with Crippen LogP contribution in [0.5, 0.6) is 5.88 Å². The Labute approximate surface area is 235 Å². The lowest BCUT2D eigenvalue weighted by atomic mass is 9.69. The standard InChI is InChI=1S/C30H35Cl2N5O/c1-2-38-29-23(6-4-14-34-29)26-9-8-24-27(35-26)19-36(18-22-5-3-13-33-22)20-30(24)11-15-37(16-12-30)28-10-7-21(31)17-25(28)32/h4,6-10,14,17,22,33H,2-3,5,11-13,15-16,18-20H2,1H3/t22-/m1/s1. The third kappa shape index (κ3) is 5.12. The summed E-state index contributed by atoms with van der Waals surface area (Å²) in [4.78, 5) is 14.8. The van der Waals surface area contributed by atoms with E-state index in [9.17, 15) is 0 Å². The van der Waals surface area contributed by atoms with Crippen LogP contribution in [0.4, 0.5) is 5.69 Å². The fourth-order valence-electron chi connectivity index (χ4n) is 6.57. The number of pyridine rings is 2.